The number of pyridine rings is 1. The second-order valence-electron chi connectivity index (χ2n) is 7.62. The molecule has 0 spiro atoms. The lowest BCUT2D eigenvalue weighted by Crippen LogP contribution is -2.42. The number of rotatable bonds is 5. The summed E-state index contributed by atoms with van der Waals surface area (Å²) in [5, 5.41) is 4.19. The molecule has 5 nitrogen and oxygen atoms in total. The molecule has 3 heterocycles. The zero-order valence-electron chi connectivity index (χ0n) is 15.7. The lowest BCUT2D eigenvalue weighted by Gasteiger charge is -2.36. The maximum Gasteiger partial charge on any atom is 0.217 e. The predicted octanol–water partition coefficient (Wildman–Crippen LogP) is 4.89. The van der Waals surface area contributed by atoms with Crippen LogP contribution in [0.1, 0.15) is 37.2 Å². The van der Waals surface area contributed by atoms with Gasteiger partial charge in [0, 0.05) is 43.7 Å². The first-order valence-electron chi connectivity index (χ1n) is 9.86. The van der Waals surface area contributed by atoms with Crippen LogP contribution in [0.4, 0.5) is 13.9 Å². The van der Waals surface area contributed by atoms with E-state index in [0.29, 0.717) is 24.6 Å². The van der Waals surface area contributed by atoms with Crippen LogP contribution in [0.5, 0.6) is 5.88 Å². The van der Waals surface area contributed by atoms with Gasteiger partial charge in [0.2, 0.25) is 5.88 Å². The fraction of sp³-hybridized carbons (Fsp3) is 0.429. The third-order valence-electron chi connectivity index (χ3n) is 5.56. The van der Waals surface area contributed by atoms with E-state index in [-0.39, 0.29) is 29.7 Å². The second-order valence-corrected chi connectivity index (χ2v) is 8.65. The van der Waals surface area contributed by atoms with Crippen molar-refractivity contribution in [1.82, 2.24) is 9.97 Å². The molecule has 2 aliphatic rings. The number of halogens is 2. The van der Waals surface area contributed by atoms with Crippen molar-refractivity contribution < 1.29 is 18.3 Å². The van der Waals surface area contributed by atoms with Crippen molar-refractivity contribution in [2.45, 2.75) is 43.7 Å². The van der Waals surface area contributed by atoms with E-state index in [2.05, 4.69) is 15.3 Å². The minimum absolute atomic E-state index is 0.0378. The molecule has 0 radical (unpaired) electrons. The topological polar surface area (TPSA) is 56.3 Å². The van der Waals surface area contributed by atoms with Gasteiger partial charge in [-0.25, -0.2) is 18.7 Å². The first-order valence-corrected chi connectivity index (χ1v) is 10.7. The van der Waals surface area contributed by atoms with Gasteiger partial charge in [0.1, 0.15) is 17.7 Å². The van der Waals surface area contributed by atoms with Crippen LogP contribution < -0.4 is 10.1 Å². The summed E-state index contributed by atoms with van der Waals surface area (Å²) in [5.41, 5.74) is 1.51. The van der Waals surface area contributed by atoms with Crippen LogP contribution in [-0.2, 0) is 4.74 Å². The summed E-state index contributed by atoms with van der Waals surface area (Å²) in [7, 11) is 0. The molecule has 152 valence electrons. The van der Waals surface area contributed by atoms with E-state index < -0.39 is 0 Å². The molecule has 29 heavy (non-hydrogen) atoms. The molecule has 2 aromatic heterocycles. The molecular weight excluding hydrogens is 396 g/mol. The Labute approximate surface area is 171 Å². The average Bonchev–Trinajstić information content (AvgIpc) is 3.09. The number of nitrogens with one attached hydrogen (secondary N) is 1. The van der Waals surface area contributed by atoms with Gasteiger partial charge in [0.25, 0.3) is 0 Å². The van der Waals surface area contributed by atoms with E-state index in [0.717, 1.165) is 41.1 Å². The molecule has 1 saturated carbocycles. The summed E-state index contributed by atoms with van der Waals surface area (Å²) in [5.74, 6) is 0.147. The minimum Gasteiger partial charge on any atom is -0.474 e. The molecule has 1 aliphatic heterocycles. The van der Waals surface area contributed by atoms with Crippen molar-refractivity contribution >= 4 is 26.7 Å². The first-order chi connectivity index (χ1) is 14.1. The van der Waals surface area contributed by atoms with Crippen LogP contribution in [0.2, 0.25) is 0 Å². The maximum atomic E-state index is 13.8. The van der Waals surface area contributed by atoms with Crippen molar-refractivity contribution in [2.75, 3.05) is 18.5 Å². The van der Waals surface area contributed by atoms with Gasteiger partial charge < -0.3 is 14.8 Å². The average molecular weight is 417 g/mol. The van der Waals surface area contributed by atoms with Crippen LogP contribution in [0.3, 0.4) is 0 Å². The minimum atomic E-state index is -0.334. The lowest BCUT2D eigenvalue weighted by atomic mass is 9.89. The normalized spacial score (nSPS) is 22.4. The summed E-state index contributed by atoms with van der Waals surface area (Å²) in [6, 6.07) is 6.44. The van der Waals surface area contributed by atoms with Gasteiger partial charge in [-0.05, 0) is 37.0 Å². The van der Waals surface area contributed by atoms with E-state index in [1.165, 1.54) is 29.7 Å². The van der Waals surface area contributed by atoms with Gasteiger partial charge in [-0.15, -0.1) is 0 Å². The number of nitrogens with zero attached hydrogens (tertiary/aromatic N) is 2. The van der Waals surface area contributed by atoms with Crippen molar-refractivity contribution in [3.63, 3.8) is 0 Å². The Hall–Kier alpha value is -2.32. The van der Waals surface area contributed by atoms with Crippen LogP contribution in [-0.4, -0.2) is 35.3 Å². The quantitative estimate of drug-likeness (QED) is 0.641. The number of benzene rings is 1. The van der Waals surface area contributed by atoms with Gasteiger partial charge in [-0.3, -0.25) is 0 Å². The van der Waals surface area contributed by atoms with Gasteiger partial charge >= 0.3 is 0 Å². The fourth-order valence-electron chi connectivity index (χ4n) is 3.92. The zero-order valence-corrected chi connectivity index (χ0v) is 16.6. The Kier molecular flexibility index (Phi) is 5.05. The fourth-order valence-corrected chi connectivity index (χ4v) is 4.84. The molecule has 1 aliphatic carbocycles. The Morgan fingerprint density at radius 2 is 1.93 bits per heavy atom. The van der Waals surface area contributed by atoms with E-state index in [1.807, 2.05) is 0 Å². The molecule has 0 atom stereocenters. The van der Waals surface area contributed by atoms with Gasteiger partial charge in [-0.1, -0.05) is 11.3 Å². The van der Waals surface area contributed by atoms with Gasteiger partial charge in [0.15, 0.2) is 5.13 Å². The molecule has 0 bridgehead atoms. The molecule has 1 N–H and O–H groups in total. The third-order valence-corrected chi connectivity index (χ3v) is 6.52. The van der Waals surface area contributed by atoms with Gasteiger partial charge in [0.05, 0.1) is 16.4 Å². The highest BCUT2D eigenvalue weighted by molar-refractivity contribution is 7.22. The van der Waals surface area contributed by atoms with E-state index in [4.69, 9.17) is 9.47 Å². The van der Waals surface area contributed by atoms with Crippen LogP contribution in [0, 0.1) is 11.6 Å². The second kappa shape index (κ2) is 7.84. The van der Waals surface area contributed by atoms with E-state index >= 15 is 0 Å². The molecule has 1 aromatic carbocycles. The molecule has 1 saturated heterocycles. The highest BCUT2D eigenvalue weighted by Gasteiger charge is 2.33. The largest absolute Gasteiger partial charge is 0.474 e. The van der Waals surface area contributed by atoms with Crippen molar-refractivity contribution in [1.29, 1.82) is 0 Å². The summed E-state index contributed by atoms with van der Waals surface area (Å²) >= 11 is 1.52. The Balaban J connectivity index is 1.21. The highest BCUT2D eigenvalue weighted by Crippen LogP contribution is 2.36. The van der Waals surface area contributed by atoms with Gasteiger partial charge in [-0.2, -0.15) is 0 Å². The predicted molar refractivity (Wildman–Crippen MR) is 108 cm³/mol. The Morgan fingerprint density at radius 1 is 1.10 bits per heavy atom. The van der Waals surface area contributed by atoms with Crippen molar-refractivity contribution in [3.05, 3.63) is 47.7 Å². The number of anilines is 1. The van der Waals surface area contributed by atoms with Crippen molar-refractivity contribution in [2.24, 2.45) is 0 Å². The maximum absolute atomic E-state index is 13.8. The number of aromatic nitrogens is 2. The molecule has 5 rings (SSSR count). The molecule has 2 fully saturated rings. The van der Waals surface area contributed by atoms with E-state index in [1.54, 1.807) is 12.1 Å². The molecule has 8 heteroatoms. The molecular formula is C21H21F2N3O2S. The number of thiazole rings is 1. The van der Waals surface area contributed by atoms with Crippen LogP contribution >= 0.6 is 11.3 Å². The Bertz CT molecular complexity index is 1020. The summed E-state index contributed by atoms with van der Waals surface area (Å²) < 4.78 is 39.6. The first kappa shape index (κ1) is 18.7. The monoisotopic (exact) mass is 417 g/mol. The zero-order chi connectivity index (χ0) is 19.8. The number of fused-ring (bicyclic) bond motifs is 1. The van der Waals surface area contributed by atoms with Crippen LogP contribution in [0.15, 0.2) is 30.5 Å². The SMILES string of the molecule is Fc1cnc(OC2CC(Nc3nc4cc(F)ccc4s3)C2)c(C2CCOCC2)c1. The smallest absolute Gasteiger partial charge is 0.217 e. The highest BCUT2D eigenvalue weighted by atomic mass is 32.1. The number of hydrogen-bond donors (Lipinski definition) is 1. The van der Waals surface area contributed by atoms with E-state index in [9.17, 15) is 8.78 Å². The van der Waals surface area contributed by atoms with Crippen molar-refractivity contribution in [3.8, 4) is 5.88 Å². The molecule has 3 aromatic rings. The third kappa shape index (κ3) is 4.04. The number of hydrogen-bond acceptors (Lipinski definition) is 6. The van der Waals surface area contributed by atoms with Crippen LogP contribution in [0.25, 0.3) is 10.2 Å². The lowest BCUT2D eigenvalue weighted by molar-refractivity contribution is 0.0792. The molecule has 0 unspecified atom stereocenters. The summed E-state index contributed by atoms with van der Waals surface area (Å²) in [6.45, 7) is 1.37. The molecule has 0 amide bonds. The summed E-state index contributed by atoms with van der Waals surface area (Å²) in [4.78, 5) is 8.67. The Morgan fingerprint density at radius 3 is 2.76 bits per heavy atom. The standard InChI is InChI=1S/C21H21F2N3O2S/c22-13-1-2-19-18(8-13)26-21(29-19)25-15-9-16(10-15)28-20-17(7-14(23)11-24-20)12-3-5-27-6-4-12/h1-2,7-8,11-12,15-16H,3-6,9-10H2,(H,25,26). The summed E-state index contributed by atoms with van der Waals surface area (Å²) in [6.07, 6.45) is 4.60. The number of ether oxygens (including phenoxy) is 2.